The Morgan fingerprint density at radius 3 is 2.33 bits per heavy atom. The quantitative estimate of drug-likeness (QED) is 0.565. The molecule has 1 aromatic carbocycles. The lowest BCUT2D eigenvalue weighted by Gasteiger charge is -2.11. The van der Waals surface area contributed by atoms with E-state index in [0.717, 1.165) is 6.42 Å². The Bertz CT molecular complexity index is 818. The van der Waals surface area contributed by atoms with E-state index in [1.165, 1.54) is 18.2 Å². The van der Waals surface area contributed by atoms with Gasteiger partial charge in [0, 0.05) is 35.4 Å². The summed E-state index contributed by atoms with van der Waals surface area (Å²) in [6, 6.07) is 4.25. The van der Waals surface area contributed by atoms with E-state index in [-0.39, 0.29) is 54.3 Å². The molecule has 0 aliphatic heterocycles. The van der Waals surface area contributed by atoms with Crippen molar-refractivity contribution in [3.8, 4) is 0 Å². The van der Waals surface area contributed by atoms with Crippen LogP contribution in [0.4, 0.5) is 0 Å². The lowest BCUT2D eigenvalue weighted by molar-refractivity contribution is 0.0955. The van der Waals surface area contributed by atoms with Gasteiger partial charge < -0.3 is 14.6 Å². The van der Waals surface area contributed by atoms with E-state index in [9.17, 15) is 14.4 Å². The monoisotopic (exact) mass is 332 g/mol. The van der Waals surface area contributed by atoms with Crippen LogP contribution in [0.15, 0.2) is 27.4 Å². The molecule has 1 aromatic heterocycles. The van der Waals surface area contributed by atoms with Gasteiger partial charge in [-0.15, -0.1) is 0 Å². The van der Waals surface area contributed by atoms with Crippen molar-refractivity contribution < 1.29 is 24.2 Å². The minimum Gasteiger partial charge on any atom is -0.423 e. The zero-order valence-corrected chi connectivity index (χ0v) is 13.5. The summed E-state index contributed by atoms with van der Waals surface area (Å²) < 4.78 is 5.20. The number of benzene rings is 1. The summed E-state index contributed by atoms with van der Waals surface area (Å²) in [5.74, 6) is -0.673. The summed E-state index contributed by atoms with van der Waals surface area (Å²) in [6.45, 7) is 1.33. The third-order valence-corrected chi connectivity index (χ3v) is 3.75. The van der Waals surface area contributed by atoms with Gasteiger partial charge in [0.15, 0.2) is 11.6 Å². The first kappa shape index (κ1) is 18.0. The Morgan fingerprint density at radius 1 is 1.04 bits per heavy atom. The standard InChI is InChI=1S/C18H20O6/c1-2-3-11-10-17(23)24-16-9-12(14(21)4-6-19)8-13(18(11)16)15(22)5-7-20/h8-10,19-20H,2-7H2,1H3. The molecule has 0 radical (unpaired) electrons. The highest BCUT2D eigenvalue weighted by Gasteiger charge is 2.19. The molecule has 6 heteroatoms. The average Bonchev–Trinajstić information content (AvgIpc) is 2.54. The maximum absolute atomic E-state index is 12.4. The highest BCUT2D eigenvalue weighted by molar-refractivity contribution is 6.11. The zero-order valence-electron chi connectivity index (χ0n) is 13.5. The molecule has 128 valence electrons. The van der Waals surface area contributed by atoms with E-state index in [1.54, 1.807) is 0 Å². The number of hydrogen-bond donors (Lipinski definition) is 2. The lowest BCUT2D eigenvalue weighted by atomic mass is 9.93. The Balaban J connectivity index is 2.77. The summed E-state index contributed by atoms with van der Waals surface area (Å²) in [6.07, 6.45) is 1.19. The molecule has 2 aromatic rings. The molecule has 0 bridgehead atoms. The van der Waals surface area contributed by atoms with Crippen molar-refractivity contribution in [2.45, 2.75) is 32.6 Å². The molecule has 2 rings (SSSR count). The molecule has 0 saturated carbocycles. The van der Waals surface area contributed by atoms with E-state index in [2.05, 4.69) is 0 Å². The third-order valence-electron chi connectivity index (χ3n) is 3.75. The second-order valence-electron chi connectivity index (χ2n) is 5.53. The Labute approximate surface area is 138 Å². The molecular formula is C18H20O6. The first-order valence-corrected chi connectivity index (χ1v) is 7.90. The number of aliphatic hydroxyl groups excluding tert-OH is 2. The fraction of sp³-hybridized carbons (Fsp3) is 0.389. The highest BCUT2D eigenvalue weighted by Crippen LogP contribution is 2.26. The van der Waals surface area contributed by atoms with Gasteiger partial charge in [0.05, 0.1) is 13.2 Å². The minimum atomic E-state index is -0.543. The van der Waals surface area contributed by atoms with Gasteiger partial charge in [-0.3, -0.25) is 9.59 Å². The van der Waals surface area contributed by atoms with Crippen molar-refractivity contribution in [3.05, 3.63) is 45.3 Å². The smallest absolute Gasteiger partial charge is 0.336 e. The van der Waals surface area contributed by atoms with Crippen LogP contribution in [0.3, 0.4) is 0 Å². The van der Waals surface area contributed by atoms with Crippen LogP contribution in [0.2, 0.25) is 0 Å². The van der Waals surface area contributed by atoms with Gasteiger partial charge in [0.2, 0.25) is 0 Å². The number of aryl methyl sites for hydroxylation is 1. The SMILES string of the molecule is CCCc1cc(=O)oc2cc(C(=O)CCO)cc(C(=O)CCO)c12. The second kappa shape index (κ2) is 7.99. The molecule has 0 fully saturated rings. The summed E-state index contributed by atoms with van der Waals surface area (Å²) in [5.41, 5.74) is 0.783. The van der Waals surface area contributed by atoms with Crippen molar-refractivity contribution in [1.29, 1.82) is 0 Å². The first-order valence-electron chi connectivity index (χ1n) is 7.90. The molecule has 2 N–H and O–H groups in total. The topological polar surface area (TPSA) is 105 Å². The van der Waals surface area contributed by atoms with Crippen molar-refractivity contribution in [2.24, 2.45) is 0 Å². The fourth-order valence-electron chi connectivity index (χ4n) is 2.71. The van der Waals surface area contributed by atoms with Crippen LogP contribution in [0.1, 0.15) is 52.5 Å². The molecule has 6 nitrogen and oxygen atoms in total. The van der Waals surface area contributed by atoms with Crippen molar-refractivity contribution in [2.75, 3.05) is 13.2 Å². The van der Waals surface area contributed by atoms with Crippen LogP contribution in [0.25, 0.3) is 11.0 Å². The van der Waals surface area contributed by atoms with Crippen molar-refractivity contribution in [3.63, 3.8) is 0 Å². The largest absolute Gasteiger partial charge is 0.423 e. The maximum atomic E-state index is 12.4. The van der Waals surface area contributed by atoms with Gasteiger partial charge in [-0.1, -0.05) is 13.3 Å². The Morgan fingerprint density at radius 2 is 1.71 bits per heavy atom. The normalized spacial score (nSPS) is 11.0. The molecule has 0 amide bonds. The second-order valence-corrected chi connectivity index (χ2v) is 5.53. The van der Waals surface area contributed by atoms with Gasteiger partial charge in [-0.2, -0.15) is 0 Å². The minimum absolute atomic E-state index is 0.0853. The predicted molar refractivity (Wildman–Crippen MR) is 88.5 cm³/mol. The highest BCUT2D eigenvalue weighted by atomic mass is 16.4. The van der Waals surface area contributed by atoms with Crippen LogP contribution in [-0.4, -0.2) is 35.0 Å². The van der Waals surface area contributed by atoms with Crippen molar-refractivity contribution in [1.82, 2.24) is 0 Å². The van der Waals surface area contributed by atoms with E-state index >= 15 is 0 Å². The molecule has 0 spiro atoms. The lowest BCUT2D eigenvalue weighted by Crippen LogP contribution is -2.10. The molecular weight excluding hydrogens is 312 g/mol. The Kier molecular flexibility index (Phi) is 6.00. The molecule has 0 unspecified atom stereocenters. The average molecular weight is 332 g/mol. The van der Waals surface area contributed by atoms with E-state index < -0.39 is 5.63 Å². The molecule has 1 heterocycles. The van der Waals surface area contributed by atoms with E-state index in [0.29, 0.717) is 17.4 Å². The number of carbonyl (C=O) groups is 2. The van der Waals surface area contributed by atoms with Gasteiger partial charge in [0.1, 0.15) is 5.58 Å². The number of rotatable bonds is 8. The number of hydrogen-bond acceptors (Lipinski definition) is 6. The van der Waals surface area contributed by atoms with E-state index in [1.807, 2.05) is 6.92 Å². The first-order chi connectivity index (χ1) is 11.5. The molecule has 0 aliphatic rings. The molecule has 0 atom stereocenters. The molecule has 24 heavy (non-hydrogen) atoms. The Hall–Kier alpha value is -2.31. The predicted octanol–water partition coefficient (Wildman–Crippen LogP) is 1.88. The summed E-state index contributed by atoms with van der Waals surface area (Å²) in [5, 5.41) is 18.5. The van der Waals surface area contributed by atoms with Gasteiger partial charge in [-0.05, 0) is 24.1 Å². The third kappa shape index (κ3) is 3.77. The van der Waals surface area contributed by atoms with Crippen LogP contribution in [-0.2, 0) is 6.42 Å². The zero-order chi connectivity index (χ0) is 17.7. The van der Waals surface area contributed by atoms with Crippen LogP contribution >= 0.6 is 0 Å². The van der Waals surface area contributed by atoms with Gasteiger partial charge in [0.25, 0.3) is 0 Å². The van der Waals surface area contributed by atoms with Gasteiger partial charge >= 0.3 is 5.63 Å². The molecule has 0 aliphatic carbocycles. The van der Waals surface area contributed by atoms with Crippen LogP contribution < -0.4 is 5.63 Å². The van der Waals surface area contributed by atoms with Crippen LogP contribution in [0.5, 0.6) is 0 Å². The number of aliphatic hydroxyl groups is 2. The summed E-state index contributed by atoms with van der Waals surface area (Å²) >= 11 is 0. The number of Topliss-reactive ketones (excluding diaryl/α,β-unsaturated/α-hetero) is 2. The number of carbonyl (C=O) groups excluding carboxylic acids is 2. The molecule has 0 saturated heterocycles. The summed E-state index contributed by atoms with van der Waals surface area (Å²) in [7, 11) is 0. The number of fused-ring (bicyclic) bond motifs is 1. The number of ketones is 2. The summed E-state index contributed by atoms with van der Waals surface area (Å²) in [4.78, 5) is 36.2. The fourth-order valence-corrected chi connectivity index (χ4v) is 2.71. The van der Waals surface area contributed by atoms with Crippen molar-refractivity contribution >= 4 is 22.5 Å². The maximum Gasteiger partial charge on any atom is 0.336 e. The van der Waals surface area contributed by atoms with Gasteiger partial charge in [-0.25, -0.2) is 4.79 Å². The van der Waals surface area contributed by atoms with E-state index in [4.69, 9.17) is 14.6 Å². The van der Waals surface area contributed by atoms with Crippen LogP contribution in [0, 0.1) is 0 Å².